The van der Waals surface area contributed by atoms with Gasteiger partial charge in [-0.1, -0.05) is 0 Å². The van der Waals surface area contributed by atoms with Gasteiger partial charge in [-0.25, -0.2) is 4.79 Å². The molecule has 0 saturated heterocycles. The van der Waals surface area contributed by atoms with Gasteiger partial charge in [-0.15, -0.1) is 0 Å². The first-order valence-corrected chi connectivity index (χ1v) is 4.42. The number of aldehydes is 1. The monoisotopic (exact) mass is 219 g/mol. The SMILES string of the molecule is Cc1c(C=O)cc(C#N)cc1C(O)C(=O)O. The normalized spacial score (nSPS) is 11.6. The largest absolute Gasteiger partial charge is 0.479 e. The fourth-order valence-corrected chi connectivity index (χ4v) is 1.36. The van der Waals surface area contributed by atoms with Crippen LogP contribution in [0.3, 0.4) is 0 Å². The highest BCUT2D eigenvalue weighted by Gasteiger charge is 2.20. The Balaban J connectivity index is 3.44. The van der Waals surface area contributed by atoms with E-state index in [1.54, 1.807) is 6.07 Å². The molecule has 1 aromatic carbocycles. The van der Waals surface area contributed by atoms with E-state index < -0.39 is 12.1 Å². The topological polar surface area (TPSA) is 98.4 Å². The Hall–Kier alpha value is -2.19. The molecule has 1 rings (SSSR count). The summed E-state index contributed by atoms with van der Waals surface area (Å²) in [5, 5.41) is 26.8. The van der Waals surface area contributed by atoms with Gasteiger partial charge in [0.05, 0.1) is 11.6 Å². The summed E-state index contributed by atoms with van der Waals surface area (Å²) in [7, 11) is 0. The zero-order valence-corrected chi connectivity index (χ0v) is 8.47. The number of carboxylic acids is 1. The van der Waals surface area contributed by atoms with E-state index in [1.165, 1.54) is 19.1 Å². The number of aliphatic hydroxyl groups excluding tert-OH is 1. The zero-order valence-electron chi connectivity index (χ0n) is 8.47. The Bertz CT molecular complexity index is 487. The molecule has 16 heavy (non-hydrogen) atoms. The van der Waals surface area contributed by atoms with Crippen molar-refractivity contribution in [1.82, 2.24) is 0 Å². The Morgan fingerprint density at radius 1 is 1.56 bits per heavy atom. The summed E-state index contributed by atoms with van der Waals surface area (Å²) in [4.78, 5) is 21.3. The Morgan fingerprint density at radius 3 is 2.62 bits per heavy atom. The van der Waals surface area contributed by atoms with Crippen molar-refractivity contribution in [2.45, 2.75) is 13.0 Å². The van der Waals surface area contributed by atoms with Gasteiger partial charge in [-0.2, -0.15) is 5.26 Å². The molecule has 0 fully saturated rings. The highest BCUT2D eigenvalue weighted by molar-refractivity contribution is 5.81. The number of carboxylic acid groups (broad SMARTS) is 1. The molecule has 0 heterocycles. The van der Waals surface area contributed by atoms with Crippen molar-refractivity contribution in [2.24, 2.45) is 0 Å². The minimum atomic E-state index is -1.73. The molecule has 2 N–H and O–H groups in total. The summed E-state index contributed by atoms with van der Waals surface area (Å²) in [5.74, 6) is -1.42. The number of aliphatic hydroxyl groups is 1. The van der Waals surface area contributed by atoms with Crippen molar-refractivity contribution in [1.29, 1.82) is 5.26 Å². The van der Waals surface area contributed by atoms with Crippen LogP contribution in [-0.4, -0.2) is 22.5 Å². The molecule has 0 radical (unpaired) electrons. The summed E-state index contributed by atoms with van der Waals surface area (Å²) in [5.41, 5.74) is 0.773. The van der Waals surface area contributed by atoms with Crippen LogP contribution in [0.2, 0.25) is 0 Å². The number of hydrogen-bond donors (Lipinski definition) is 2. The first-order valence-electron chi connectivity index (χ1n) is 4.42. The quantitative estimate of drug-likeness (QED) is 0.732. The first-order chi connectivity index (χ1) is 7.51. The number of rotatable bonds is 3. The summed E-state index contributed by atoms with van der Waals surface area (Å²) < 4.78 is 0. The third-order valence-electron chi connectivity index (χ3n) is 2.27. The van der Waals surface area contributed by atoms with Crippen molar-refractivity contribution in [2.75, 3.05) is 0 Å². The number of carbonyl (C=O) groups excluding carboxylic acids is 1. The van der Waals surface area contributed by atoms with E-state index >= 15 is 0 Å². The summed E-state index contributed by atoms with van der Waals surface area (Å²) in [6, 6.07) is 4.41. The molecule has 1 unspecified atom stereocenters. The van der Waals surface area contributed by atoms with Gasteiger partial charge in [-0.05, 0) is 30.2 Å². The lowest BCUT2D eigenvalue weighted by Crippen LogP contribution is -2.13. The molecule has 0 bridgehead atoms. The number of hydrogen-bond acceptors (Lipinski definition) is 4. The number of aliphatic carboxylic acids is 1. The molecular formula is C11H9NO4. The van der Waals surface area contributed by atoms with Gasteiger partial charge in [0.25, 0.3) is 0 Å². The number of carbonyl (C=O) groups is 2. The maximum absolute atomic E-state index is 10.7. The van der Waals surface area contributed by atoms with Crippen molar-refractivity contribution in [3.8, 4) is 6.07 Å². The second kappa shape index (κ2) is 4.55. The summed E-state index contributed by atoms with van der Waals surface area (Å²) in [6.45, 7) is 1.52. The van der Waals surface area contributed by atoms with Crippen molar-refractivity contribution in [3.63, 3.8) is 0 Å². The van der Waals surface area contributed by atoms with Gasteiger partial charge in [0.2, 0.25) is 0 Å². The first kappa shape index (κ1) is 11.9. The van der Waals surface area contributed by atoms with E-state index in [2.05, 4.69) is 0 Å². The predicted molar refractivity (Wildman–Crippen MR) is 53.9 cm³/mol. The maximum Gasteiger partial charge on any atom is 0.337 e. The summed E-state index contributed by atoms with van der Waals surface area (Å²) in [6.07, 6.45) is -1.21. The molecule has 0 aromatic heterocycles. The van der Waals surface area contributed by atoms with Gasteiger partial charge in [0.15, 0.2) is 6.10 Å². The molecule has 0 aliphatic carbocycles. The van der Waals surface area contributed by atoms with Gasteiger partial charge >= 0.3 is 5.97 Å². The van der Waals surface area contributed by atoms with Gasteiger partial charge in [0.1, 0.15) is 6.29 Å². The molecule has 0 saturated carbocycles. The van der Waals surface area contributed by atoms with Crippen LogP contribution in [0.1, 0.15) is 33.2 Å². The lowest BCUT2D eigenvalue weighted by Gasteiger charge is -2.11. The van der Waals surface area contributed by atoms with Crippen LogP contribution in [0.15, 0.2) is 12.1 Å². The third-order valence-corrected chi connectivity index (χ3v) is 2.27. The minimum Gasteiger partial charge on any atom is -0.479 e. The third kappa shape index (κ3) is 2.07. The average Bonchev–Trinajstić information content (AvgIpc) is 2.28. The van der Waals surface area contributed by atoms with Crippen molar-refractivity contribution in [3.05, 3.63) is 34.4 Å². The van der Waals surface area contributed by atoms with E-state index in [9.17, 15) is 14.7 Å². The fourth-order valence-electron chi connectivity index (χ4n) is 1.36. The van der Waals surface area contributed by atoms with Gasteiger partial charge in [0, 0.05) is 5.56 Å². The van der Waals surface area contributed by atoms with E-state index in [0.717, 1.165) is 0 Å². The molecule has 1 atom stereocenters. The molecule has 1 aromatic rings. The van der Waals surface area contributed by atoms with Crippen LogP contribution in [0.25, 0.3) is 0 Å². The summed E-state index contributed by atoms with van der Waals surface area (Å²) >= 11 is 0. The lowest BCUT2D eigenvalue weighted by molar-refractivity contribution is -0.147. The molecular weight excluding hydrogens is 210 g/mol. The molecule has 5 heteroatoms. The highest BCUT2D eigenvalue weighted by atomic mass is 16.4. The fraction of sp³-hybridized carbons (Fsp3) is 0.182. The van der Waals surface area contributed by atoms with E-state index in [0.29, 0.717) is 11.8 Å². The van der Waals surface area contributed by atoms with Gasteiger partial charge in [-0.3, -0.25) is 4.79 Å². The second-order valence-electron chi connectivity index (χ2n) is 3.25. The van der Waals surface area contributed by atoms with Crippen LogP contribution < -0.4 is 0 Å². The van der Waals surface area contributed by atoms with Crippen LogP contribution in [0.4, 0.5) is 0 Å². The van der Waals surface area contributed by atoms with E-state index in [1.807, 2.05) is 0 Å². The van der Waals surface area contributed by atoms with E-state index in [-0.39, 0.29) is 16.7 Å². The molecule has 5 nitrogen and oxygen atoms in total. The van der Waals surface area contributed by atoms with E-state index in [4.69, 9.17) is 10.4 Å². The molecule has 0 aliphatic rings. The standard InChI is InChI=1S/C11H9NO4/c1-6-8(5-13)2-7(4-12)3-9(6)10(14)11(15)16/h2-3,5,10,14H,1H3,(H,15,16). The molecule has 82 valence electrons. The van der Waals surface area contributed by atoms with Crippen LogP contribution in [0.5, 0.6) is 0 Å². The highest BCUT2D eigenvalue weighted by Crippen LogP contribution is 2.22. The Kier molecular flexibility index (Phi) is 3.38. The number of benzene rings is 1. The Morgan fingerprint density at radius 2 is 2.19 bits per heavy atom. The Labute approximate surface area is 91.6 Å². The number of nitriles is 1. The van der Waals surface area contributed by atoms with Crippen LogP contribution in [0, 0.1) is 18.3 Å². The van der Waals surface area contributed by atoms with Crippen LogP contribution in [-0.2, 0) is 4.79 Å². The molecule has 0 amide bonds. The van der Waals surface area contributed by atoms with Gasteiger partial charge < -0.3 is 10.2 Å². The average molecular weight is 219 g/mol. The second-order valence-corrected chi connectivity index (χ2v) is 3.25. The maximum atomic E-state index is 10.7. The molecule has 0 aliphatic heterocycles. The number of nitrogens with zero attached hydrogens (tertiary/aromatic N) is 1. The van der Waals surface area contributed by atoms with Crippen molar-refractivity contribution < 1.29 is 19.8 Å². The predicted octanol–water partition coefficient (Wildman–Crippen LogP) is 0.797. The smallest absolute Gasteiger partial charge is 0.337 e. The van der Waals surface area contributed by atoms with Crippen LogP contribution >= 0.6 is 0 Å². The zero-order chi connectivity index (χ0) is 12.3. The minimum absolute atomic E-state index is 0.0636. The lowest BCUT2D eigenvalue weighted by atomic mass is 9.96. The molecule has 0 spiro atoms. The van der Waals surface area contributed by atoms with Crippen molar-refractivity contribution >= 4 is 12.3 Å².